The Hall–Kier alpha value is -3.75. The number of methoxy groups -OCH3 is 2. The van der Waals surface area contributed by atoms with E-state index in [4.69, 9.17) is 9.47 Å². The maximum Gasteiger partial charge on any atom is 0.319 e. The van der Waals surface area contributed by atoms with Crippen LogP contribution >= 0.6 is 0 Å². The zero-order chi connectivity index (χ0) is 19.8. The molecule has 2 aromatic heterocycles. The van der Waals surface area contributed by atoms with Crippen LogP contribution in [0.4, 0.5) is 16.3 Å². The zero-order valence-corrected chi connectivity index (χ0v) is 15.7. The Bertz CT molecular complexity index is 892. The molecule has 0 saturated carbocycles. The number of nitrogens with zero attached hydrogens (tertiary/aromatic N) is 3. The fourth-order valence-corrected chi connectivity index (χ4v) is 2.49. The van der Waals surface area contributed by atoms with Crippen LogP contribution in [0.5, 0.6) is 11.5 Å². The van der Waals surface area contributed by atoms with E-state index >= 15 is 0 Å². The summed E-state index contributed by atoms with van der Waals surface area (Å²) in [7, 11) is 3.11. The van der Waals surface area contributed by atoms with Crippen molar-refractivity contribution >= 4 is 17.5 Å². The molecule has 0 atom stereocenters. The third-order valence-corrected chi connectivity index (χ3v) is 3.85. The van der Waals surface area contributed by atoms with Gasteiger partial charge in [-0.2, -0.15) is 0 Å². The van der Waals surface area contributed by atoms with Gasteiger partial charge in [-0.05, 0) is 12.1 Å². The summed E-state index contributed by atoms with van der Waals surface area (Å²) in [4.78, 5) is 20.5. The summed E-state index contributed by atoms with van der Waals surface area (Å²) in [5.41, 5.74) is 0.578. The highest BCUT2D eigenvalue weighted by Gasteiger charge is 2.06. The lowest BCUT2D eigenvalue weighted by molar-refractivity contribution is 0.252. The molecule has 9 nitrogen and oxygen atoms in total. The predicted octanol–water partition coefficient (Wildman–Crippen LogP) is 2.52. The van der Waals surface area contributed by atoms with Crippen LogP contribution in [0.15, 0.2) is 55.1 Å². The third kappa shape index (κ3) is 5.13. The fraction of sp³-hybridized carbons (Fsp3) is 0.211. The Kier molecular flexibility index (Phi) is 6.29. The Morgan fingerprint density at radius 3 is 2.39 bits per heavy atom. The first kappa shape index (κ1) is 19.0. The summed E-state index contributed by atoms with van der Waals surface area (Å²) in [6.45, 7) is 0.923. The van der Waals surface area contributed by atoms with Crippen LogP contribution in [0.3, 0.4) is 0 Å². The number of ether oxygens (including phenoxy) is 2. The predicted molar refractivity (Wildman–Crippen MR) is 106 cm³/mol. The molecule has 0 fully saturated rings. The molecule has 3 N–H and O–H groups in total. The molecule has 2 amide bonds. The largest absolute Gasteiger partial charge is 0.497 e. The first-order valence-corrected chi connectivity index (χ1v) is 8.65. The van der Waals surface area contributed by atoms with Crippen LogP contribution in [0, 0.1) is 0 Å². The maximum atomic E-state index is 12.1. The molecule has 28 heavy (non-hydrogen) atoms. The van der Waals surface area contributed by atoms with Gasteiger partial charge in [-0.25, -0.2) is 14.8 Å². The second-order valence-corrected chi connectivity index (χ2v) is 5.76. The minimum Gasteiger partial charge on any atom is -0.497 e. The van der Waals surface area contributed by atoms with Gasteiger partial charge >= 0.3 is 6.03 Å². The van der Waals surface area contributed by atoms with E-state index in [2.05, 4.69) is 25.9 Å². The van der Waals surface area contributed by atoms with E-state index in [-0.39, 0.29) is 6.03 Å². The number of anilines is 2. The SMILES string of the molecule is COc1cc(NC(=O)NCCNc2cc(-n3cccc3)ncn2)cc(OC)c1. The minimum absolute atomic E-state index is 0.326. The molecular weight excluding hydrogens is 360 g/mol. The maximum absolute atomic E-state index is 12.1. The van der Waals surface area contributed by atoms with E-state index in [1.807, 2.05) is 35.2 Å². The number of carbonyl (C=O) groups is 1. The van der Waals surface area contributed by atoms with Gasteiger partial charge in [0.1, 0.15) is 29.5 Å². The Morgan fingerprint density at radius 2 is 1.71 bits per heavy atom. The lowest BCUT2D eigenvalue weighted by Crippen LogP contribution is -2.32. The van der Waals surface area contributed by atoms with E-state index in [1.165, 1.54) is 6.33 Å². The van der Waals surface area contributed by atoms with Gasteiger partial charge in [0.05, 0.1) is 14.2 Å². The van der Waals surface area contributed by atoms with Gasteiger partial charge < -0.3 is 30.0 Å². The highest BCUT2D eigenvalue weighted by Crippen LogP contribution is 2.25. The molecule has 0 aliphatic heterocycles. The average Bonchev–Trinajstić information content (AvgIpc) is 3.26. The van der Waals surface area contributed by atoms with Crippen molar-refractivity contribution in [2.45, 2.75) is 0 Å². The van der Waals surface area contributed by atoms with E-state index in [1.54, 1.807) is 32.4 Å². The molecule has 0 aliphatic rings. The topological polar surface area (TPSA) is 102 Å². The Labute approximate surface area is 162 Å². The average molecular weight is 382 g/mol. The van der Waals surface area contributed by atoms with Crippen molar-refractivity contribution in [1.29, 1.82) is 0 Å². The molecule has 0 unspecified atom stereocenters. The number of hydrogen-bond acceptors (Lipinski definition) is 6. The zero-order valence-electron chi connectivity index (χ0n) is 15.7. The van der Waals surface area contributed by atoms with Crippen molar-refractivity contribution in [1.82, 2.24) is 19.9 Å². The van der Waals surface area contributed by atoms with E-state index in [0.717, 1.165) is 5.82 Å². The van der Waals surface area contributed by atoms with Gasteiger partial charge in [0.25, 0.3) is 0 Å². The second kappa shape index (κ2) is 9.26. The van der Waals surface area contributed by atoms with Crippen molar-refractivity contribution in [3.05, 3.63) is 55.1 Å². The number of hydrogen-bond donors (Lipinski definition) is 3. The molecule has 0 aliphatic carbocycles. The molecule has 3 aromatic rings. The molecule has 0 bridgehead atoms. The number of benzene rings is 1. The third-order valence-electron chi connectivity index (χ3n) is 3.85. The van der Waals surface area contributed by atoms with Gasteiger partial charge in [-0.1, -0.05) is 0 Å². The summed E-state index contributed by atoms with van der Waals surface area (Å²) in [5, 5.41) is 8.68. The van der Waals surface area contributed by atoms with Crippen molar-refractivity contribution in [3.8, 4) is 17.3 Å². The summed E-state index contributed by atoms with van der Waals surface area (Å²) >= 11 is 0. The van der Waals surface area contributed by atoms with Crippen molar-refractivity contribution < 1.29 is 14.3 Å². The Morgan fingerprint density at radius 1 is 1.00 bits per heavy atom. The first-order valence-electron chi connectivity index (χ1n) is 8.65. The smallest absolute Gasteiger partial charge is 0.319 e. The number of urea groups is 1. The monoisotopic (exact) mass is 382 g/mol. The quantitative estimate of drug-likeness (QED) is 0.518. The van der Waals surface area contributed by atoms with Gasteiger partial charge in [0.15, 0.2) is 0 Å². The van der Waals surface area contributed by atoms with Crippen LogP contribution in [0.25, 0.3) is 5.82 Å². The lowest BCUT2D eigenvalue weighted by Gasteiger charge is -2.11. The van der Waals surface area contributed by atoms with Crippen LogP contribution < -0.4 is 25.4 Å². The Balaban J connectivity index is 1.47. The molecule has 2 heterocycles. The van der Waals surface area contributed by atoms with Crippen LogP contribution in [0.2, 0.25) is 0 Å². The number of amides is 2. The van der Waals surface area contributed by atoms with Crippen molar-refractivity contribution in [2.24, 2.45) is 0 Å². The molecule has 0 spiro atoms. The number of rotatable bonds is 8. The first-order chi connectivity index (χ1) is 13.7. The number of carbonyl (C=O) groups excluding carboxylic acids is 1. The molecule has 0 radical (unpaired) electrons. The van der Waals surface area contributed by atoms with Gasteiger partial charge in [0, 0.05) is 55.4 Å². The van der Waals surface area contributed by atoms with E-state index in [9.17, 15) is 4.79 Å². The lowest BCUT2D eigenvalue weighted by atomic mass is 10.3. The summed E-state index contributed by atoms with van der Waals surface area (Å²) in [6, 6.07) is 10.5. The summed E-state index contributed by atoms with van der Waals surface area (Å²) in [5.74, 6) is 2.63. The molecule has 0 saturated heterocycles. The van der Waals surface area contributed by atoms with Crippen LogP contribution in [0.1, 0.15) is 0 Å². The van der Waals surface area contributed by atoms with E-state index in [0.29, 0.717) is 36.1 Å². The summed E-state index contributed by atoms with van der Waals surface area (Å²) in [6.07, 6.45) is 5.31. The molecule has 3 rings (SSSR count). The van der Waals surface area contributed by atoms with Crippen LogP contribution in [-0.2, 0) is 0 Å². The van der Waals surface area contributed by atoms with E-state index < -0.39 is 0 Å². The second-order valence-electron chi connectivity index (χ2n) is 5.76. The highest BCUT2D eigenvalue weighted by atomic mass is 16.5. The van der Waals surface area contributed by atoms with Crippen LogP contribution in [-0.4, -0.2) is 47.9 Å². The van der Waals surface area contributed by atoms with Crippen molar-refractivity contribution in [2.75, 3.05) is 37.9 Å². The highest BCUT2D eigenvalue weighted by molar-refractivity contribution is 5.89. The fourth-order valence-electron chi connectivity index (χ4n) is 2.49. The van der Waals surface area contributed by atoms with Gasteiger partial charge in [-0.15, -0.1) is 0 Å². The molecular formula is C19H22N6O3. The minimum atomic E-state index is -0.326. The van der Waals surface area contributed by atoms with Gasteiger partial charge in [0.2, 0.25) is 0 Å². The molecule has 1 aromatic carbocycles. The standard InChI is InChI=1S/C19H22N6O3/c1-27-15-9-14(10-16(11-15)28-2)24-19(26)21-6-5-20-17-12-18(23-13-22-17)25-7-3-4-8-25/h3-4,7-13H,5-6H2,1-2H3,(H,20,22,23)(H2,21,24,26). The molecule has 9 heteroatoms. The normalized spacial score (nSPS) is 10.2. The summed E-state index contributed by atoms with van der Waals surface area (Å²) < 4.78 is 12.3. The number of aromatic nitrogens is 3. The number of nitrogens with one attached hydrogen (secondary N) is 3. The van der Waals surface area contributed by atoms with Crippen molar-refractivity contribution in [3.63, 3.8) is 0 Å². The molecule has 146 valence electrons. The van der Waals surface area contributed by atoms with Gasteiger partial charge in [-0.3, -0.25) is 0 Å².